The Balaban J connectivity index is 0. The van der Waals surface area contributed by atoms with Crippen LogP contribution in [0.2, 0.25) is 0 Å². The van der Waals surface area contributed by atoms with E-state index in [0.29, 0.717) is 0 Å². The number of unbranched alkanes of at least 4 members (excludes halogenated alkanes) is 13. The monoisotopic (exact) mass is 312 g/mol. The average Bonchev–Trinajstić information content (AvgIpc) is 2.50. The van der Waals surface area contributed by atoms with E-state index < -0.39 is 0 Å². The summed E-state index contributed by atoms with van der Waals surface area (Å²) in [6.45, 7) is 11.4. The minimum atomic E-state index is 0.903. The third-order valence-corrected chi connectivity index (χ3v) is 4.34. The number of hydrogen-bond donors (Lipinski definition) is 0. The highest BCUT2D eigenvalue weighted by atomic mass is 14.0. The molecule has 0 heteroatoms. The van der Waals surface area contributed by atoms with E-state index in [1.165, 1.54) is 103 Å². The highest BCUT2D eigenvalue weighted by Crippen LogP contribution is 2.11. The summed E-state index contributed by atoms with van der Waals surface area (Å²) in [6.07, 6.45) is 23.0. The van der Waals surface area contributed by atoms with E-state index in [-0.39, 0.29) is 0 Å². The molecule has 0 aliphatic carbocycles. The third kappa shape index (κ3) is 28.2. The maximum absolute atomic E-state index is 2.32. The van der Waals surface area contributed by atoms with Crippen LogP contribution in [0.3, 0.4) is 0 Å². The van der Waals surface area contributed by atoms with E-state index in [2.05, 4.69) is 34.6 Å². The molecule has 0 spiro atoms. The first-order valence-electron chi connectivity index (χ1n) is 10.7. The van der Waals surface area contributed by atoms with Gasteiger partial charge in [0.2, 0.25) is 0 Å². The smallest absolute Gasteiger partial charge is 0.0471 e. The molecule has 0 saturated carbocycles. The fourth-order valence-electron chi connectivity index (χ4n) is 2.72. The van der Waals surface area contributed by atoms with Crippen molar-refractivity contribution in [3.05, 3.63) is 0 Å². The predicted octanol–water partition coefficient (Wildman–Crippen LogP) is 8.93. The van der Waals surface area contributed by atoms with Crippen molar-refractivity contribution in [3.63, 3.8) is 0 Å². The molecule has 0 aliphatic rings. The largest absolute Gasteiger partial charge is 0.0654 e. The Morgan fingerprint density at radius 1 is 0.409 bits per heavy atom. The van der Waals surface area contributed by atoms with Crippen LogP contribution in [-0.2, 0) is 0 Å². The first kappa shape index (κ1) is 24.3. The van der Waals surface area contributed by atoms with Crippen LogP contribution in [0.4, 0.5) is 0 Å². The fraction of sp³-hybridized carbons (Fsp3) is 1.00. The Morgan fingerprint density at radius 2 is 0.682 bits per heavy atom. The van der Waals surface area contributed by atoms with Crippen LogP contribution in [0.25, 0.3) is 0 Å². The summed E-state index contributed by atoms with van der Waals surface area (Å²) in [7, 11) is 0. The first-order chi connectivity index (χ1) is 10.7. The molecule has 0 atom stereocenters. The van der Waals surface area contributed by atoms with Crippen molar-refractivity contribution < 1.29 is 0 Å². The lowest BCUT2D eigenvalue weighted by Crippen LogP contribution is -1.87. The molecule has 0 aromatic rings. The molecule has 136 valence electrons. The lowest BCUT2D eigenvalue weighted by atomic mass is 10.0. The van der Waals surface area contributed by atoms with Crippen LogP contribution in [-0.4, -0.2) is 0 Å². The quantitative estimate of drug-likeness (QED) is 0.265. The minimum Gasteiger partial charge on any atom is -0.0654 e. The topological polar surface area (TPSA) is 0 Å². The molecule has 0 heterocycles. The Morgan fingerprint density at radius 3 is 0.955 bits per heavy atom. The standard InChI is InChI=1S/C12H26.C10H22/c1-4-5-6-7-8-9-10-11-12(2)3;1-3-5-7-9-10-8-6-4-2/h12H,4-11H2,1-3H3;3-10H2,1-2H3. The van der Waals surface area contributed by atoms with Gasteiger partial charge in [-0.25, -0.2) is 0 Å². The van der Waals surface area contributed by atoms with E-state index in [1.807, 2.05) is 0 Å². The number of hydrogen-bond acceptors (Lipinski definition) is 0. The van der Waals surface area contributed by atoms with Crippen LogP contribution < -0.4 is 0 Å². The zero-order valence-corrected chi connectivity index (χ0v) is 16.9. The highest BCUT2D eigenvalue weighted by molar-refractivity contribution is 4.48. The van der Waals surface area contributed by atoms with E-state index in [9.17, 15) is 0 Å². The molecule has 0 aromatic heterocycles. The van der Waals surface area contributed by atoms with E-state index in [4.69, 9.17) is 0 Å². The molecule has 0 aromatic carbocycles. The van der Waals surface area contributed by atoms with Crippen molar-refractivity contribution in [3.8, 4) is 0 Å². The van der Waals surface area contributed by atoms with E-state index in [0.717, 1.165) is 5.92 Å². The van der Waals surface area contributed by atoms with E-state index >= 15 is 0 Å². The zero-order chi connectivity index (χ0) is 16.9. The molecule has 0 saturated heterocycles. The second-order valence-electron chi connectivity index (χ2n) is 7.43. The van der Waals surface area contributed by atoms with Gasteiger partial charge in [-0.3, -0.25) is 0 Å². The summed E-state index contributed by atoms with van der Waals surface area (Å²) in [5.74, 6) is 0.903. The summed E-state index contributed by atoms with van der Waals surface area (Å²) in [5, 5.41) is 0. The zero-order valence-electron chi connectivity index (χ0n) is 16.9. The van der Waals surface area contributed by atoms with Crippen molar-refractivity contribution in [1.82, 2.24) is 0 Å². The molecule has 0 amide bonds. The van der Waals surface area contributed by atoms with Crippen molar-refractivity contribution in [2.45, 2.75) is 137 Å². The van der Waals surface area contributed by atoms with Gasteiger partial charge < -0.3 is 0 Å². The van der Waals surface area contributed by atoms with E-state index in [1.54, 1.807) is 0 Å². The van der Waals surface area contributed by atoms with Gasteiger partial charge in [-0.1, -0.05) is 137 Å². The molecule has 0 bridgehead atoms. The highest BCUT2D eigenvalue weighted by Gasteiger charge is 1.94. The van der Waals surface area contributed by atoms with Gasteiger partial charge in [-0.05, 0) is 5.92 Å². The van der Waals surface area contributed by atoms with Crippen molar-refractivity contribution >= 4 is 0 Å². The lowest BCUT2D eigenvalue weighted by Gasteiger charge is -2.03. The van der Waals surface area contributed by atoms with Gasteiger partial charge in [0.05, 0.1) is 0 Å². The van der Waals surface area contributed by atoms with Gasteiger partial charge in [-0.15, -0.1) is 0 Å². The number of rotatable bonds is 15. The van der Waals surface area contributed by atoms with Crippen LogP contribution in [0.1, 0.15) is 137 Å². The van der Waals surface area contributed by atoms with Gasteiger partial charge in [0.1, 0.15) is 0 Å². The molecule has 0 unspecified atom stereocenters. The molecule has 0 radical (unpaired) electrons. The Labute approximate surface area is 143 Å². The average molecular weight is 313 g/mol. The molecule has 0 fully saturated rings. The summed E-state index contributed by atoms with van der Waals surface area (Å²) in [6, 6.07) is 0. The second kappa shape index (κ2) is 23.3. The van der Waals surface area contributed by atoms with Gasteiger partial charge in [-0.2, -0.15) is 0 Å². The Kier molecular flexibility index (Phi) is 25.7. The molecular formula is C22H48. The van der Waals surface area contributed by atoms with Gasteiger partial charge in [0.15, 0.2) is 0 Å². The molecular weight excluding hydrogens is 264 g/mol. The summed E-state index contributed by atoms with van der Waals surface area (Å²) >= 11 is 0. The van der Waals surface area contributed by atoms with Crippen LogP contribution in [0.15, 0.2) is 0 Å². The van der Waals surface area contributed by atoms with Crippen molar-refractivity contribution in [1.29, 1.82) is 0 Å². The Hall–Kier alpha value is 0. The Bertz CT molecular complexity index is 151. The van der Waals surface area contributed by atoms with Crippen LogP contribution in [0.5, 0.6) is 0 Å². The van der Waals surface area contributed by atoms with Crippen molar-refractivity contribution in [2.75, 3.05) is 0 Å². The second-order valence-corrected chi connectivity index (χ2v) is 7.43. The molecule has 0 aliphatic heterocycles. The van der Waals surface area contributed by atoms with Crippen LogP contribution in [0, 0.1) is 5.92 Å². The lowest BCUT2D eigenvalue weighted by molar-refractivity contribution is 0.511. The van der Waals surface area contributed by atoms with Crippen LogP contribution >= 0.6 is 0 Å². The molecule has 0 N–H and O–H groups in total. The fourth-order valence-corrected chi connectivity index (χ4v) is 2.72. The SMILES string of the molecule is CCCCCCCCCC.CCCCCCCCCC(C)C. The van der Waals surface area contributed by atoms with Gasteiger partial charge in [0.25, 0.3) is 0 Å². The van der Waals surface area contributed by atoms with Gasteiger partial charge in [0, 0.05) is 0 Å². The van der Waals surface area contributed by atoms with Gasteiger partial charge >= 0.3 is 0 Å². The summed E-state index contributed by atoms with van der Waals surface area (Å²) in [5.41, 5.74) is 0. The molecule has 0 nitrogen and oxygen atoms in total. The molecule has 0 rings (SSSR count). The first-order valence-corrected chi connectivity index (χ1v) is 10.7. The minimum absolute atomic E-state index is 0.903. The maximum atomic E-state index is 2.32. The normalized spacial score (nSPS) is 10.6. The molecule has 22 heavy (non-hydrogen) atoms. The third-order valence-electron chi connectivity index (χ3n) is 4.34. The predicted molar refractivity (Wildman–Crippen MR) is 106 cm³/mol. The summed E-state index contributed by atoms with van der Waals surface area (Å²) in [4.78, 5) is 0. The summed E-state index contributed by atoms with van der Waals surface area (Å²) < 4.78 is 0. The maximum Gasteiger partial charge on any atom is -0.0471 e. The van der Waals surface area contributed by atoms with Crippen molar-refractivity contribution in [2.24, 2.45) is 5.92 Å².